The largest absolute Gasteiger partial charge is 0.369 e. The van der Waals surface area contributed by atoms with Gasteiger partial charge in [0.15, 0.2) is 0 Å². The molecule has 0 unspecified atom stereocenters. The molecular weight excluding hydrogens is 423 g/mol. The van der Waals surface area contributed by atoms with Gasteiger partial charge in [-0.15, -0.1) is 3.89 Å². The van der Waals surface area contributed by atoms with Crippen LogP contribution in [0, 0.1) is 0 Å². The molecule has 9 nitrogen and oxygen atoms in total. The summed E-state index contributed by atoms with van der Waals surface area (Å²) in [5, 5.41) is 2.75. The van der Waals surface area contributed by atoms with E-state index in [1.807, 2.05) is 38.1 Å². The van der Waals surface area contributed by atoms with Gasteiger partial charge in [-0.05, 0) is 62.2 Å². The molecule has 0 saturated heterocycles. The fraction of sp³-hybridized carbons (Fsp3) is 0.250. The number of aliphatic imine (C=N–C) groups is 2. The number of amides is 1. The summed E-state index contributed by atoms with van der Waals surface area (Å²) < 4.78 is 34.6. The number of guanidine groups is 2. The minimum Gasteiger partial charge on any atom is -0.369 e. The highest BCUT2D eigenvalue weighted by atomic mass is 32.3. The first-order valence-corrected chi connectivity index (χ1v) is 10.8. The van der Waals surface area contributed by atoms with E-state index in [1.165, 1.54) is 12.1 Å². The van der Waals surface area contributed by atoms with Crippen LogP contribution in [-0.2, 0) is 16.6 Å². The van der Waals surface area contributed by atoms with E-state index in [4.69, 9.17) is 11.5 Å². The Hall–Kier alpha value is -3.47. The molecule has 1 amide bonds. The van der Waals surface area contributed by atoms with E-state index in [9.17, 15) is 17.1 Å². The Balaban J connectivity index is 1.59. The summed E-state index contributed by atoms with van der Waals surface area (Å²) >= 11 is 0. The Morgan fingerprint density at radius 1 is 1.10 bits per heavy atom. The van der Waals surface area contributed by atoms with Gasteiger partial charge in [0.2, 0.25) is 11.9 Å². The van der Waals surface area contributed by atoms with Crippen LogP contribution in [0.2, 0.25) is 0 Å². The zero-order chi connectivity index (χ0) is 22.8. The van der Waals surface area contributed by atoms with Crippen molar-refractivity contribution in [1.29, 1.82) is 0 Å². The van der Waals surface area contributed by atoms with Crippen LogP contribution in [0.1, 0.15) is 29.8 Å². The first kappa shape index (κ1) is 22.2. The molecule has 2 aromatic rings. The van der Waals surface area contributed by atoms with Crippen molar-refractivity contribution in [2.24, 2.45) is 21.5 Å². The van der Waals surface area contributed by atoms with Crippen molar-refractivity contribution in [1.82, 2.24) is 5.32 Å². The van der Waals surface area contributed by atoms with E-state index in [-0.39, 0.29) is 23.4 Å². The number of halogens is 1. The van der Waals surface area contributed by atoms with E-state index in [0.717, 1.165) is 23.4 Å². The Kier molecular flexibility index (Phi) is 5.98. The number of carbonyl (C=O) groups is 1. The van der Waals surface area contributed by atoms with Crippen LogP contribution in [0.4, 0.5) is 9.57 Å². The zero-order valence-corrected chi connectivity index (χ0v) is 17.9. The molecule has 1 aliphatic heterocycles. The van der Waals surface area contributed by atoms with Gasteiger partial charge < -0.3 is 16.8 Å². The van der Waals surface area contributed by atoms with Gasteiger partial charge >= 0.3 is 10.2 Å². The summed E-state index contributed by atoms with van der Waals surface area (Å²) in [4.78, 5) is 21.8. The lowest BCUT2D eigenvalue weighted by Crippen LogP contribution is -2.54. The first-order chi connectivity index (χ1) is 14.5. The molecule has 2 aromatic carbocycles. The summed E-state index contributed by atoms with van der Waals surface area (Å²) in [5.41, 5.74) is 13.1. The van der Waals surface area contributed by atoms with Crippen molar-refractivity contribution in [3.63, 3.8) is 0 Å². The lowest BCUT2D eigenvalue weighted by Gasteiger charge is -2.38. The Labute approximate surface area is 179 Å². The normalized spacial score (nSPS) is 15.8. The van der Waals surface area contributed by atoms with Crippen molar-refractivity contribution < 1.29 is 17.1 Å². The Morgan fingerprint density at radius 2 is 1.71 bits per heavy atom. The number of nitrogens with zero attached hydrogens (tertiary/aromatic N) is 3. The number of benzene rings is 2. The van der Waals surface area contributed by atoms with Crippen LogP contribution < -0.4 is 21.7 Å². The Morgan fingerprint density at radius 3 is 2.26 bits per heavy atom. The highest BCUT2D eigenvalue weighted by molar-refractivity contribution is 7.86. The second-order valence-corrected chi connectivity index (χ2v) is 8.75. The number of nitrogens with two attached hydrogens (primary N) is 2. The molecule has 0 aromatic heterocycles. The van der Waals surface area contributed by atoms with E-state index < -0.39 is 20.8 Å². The van der Waals surface area contributed by atoms with E-state index >= 15 is 0 Å². The molecule has 1 aliphatic rings. The van der Waals surface area contributed by atoms with Crippen LogP contribution >= 0.6 is 0 Å². The quantitative estimate of drug-likeness (QED) is 0.574. The standard InChI is InChI=1S/C20H23FN6O3S/c1-20(2)26-18(22)25-19(23)27(20)15-7-3-13(4-8-15)11-12-24-17(28)14-5-9-16(10-6-14)31(21,29)30/h3-10H,11-12H2,1-2H3,(H,24,28)(H4,22,23,25,26). The number of anilines is 1. The summed E-state index contributed by atoms with van der Waals surface area (Å²) in [6.45, 7) is 4.11. The molecular formula is C20H23FN6O3S. The van der Waals surface area contributed by atoms with Gasteiger partial charge in [-0.25, -0.2) is 4.99 Å². The number of rotatable bonds is 6. The smallest absolute Gasteiger partial charge is 0.332 e. The maximum atomic E-state index is 12.9. The van der Waals surface area contributed by atoms with E-state index in [1.54, 1.807) is 4.90 Å². The Bertz CT molecular complexity index is 1140. The fourth-order valence-corrected chi connectivity index (χ4v) is 3.72. The summed E-state index contributed by atoms with van der Waals surface area (Å²) in [6.07, 6.45) is 0.570. The number of nitrogens with one attached hydrogen (secondary N) is 1. The molecule has 164 valence electrons. The molecule has 31 heavy (non-hydrogen) atoms. The van der Waals surface area contributed by atoms with Gasteiger partial charge in [0.25, 0.3) is 5.91 Å². The molecule has 0 atom stereocenters. The topological polar surface area (TPSA) is 143 Å². The van der Waals surface area contributed by atoms with Gasteiger partial charge in [-0.3, -0.25) is 9.69 Å². The number of hydrogen-bond donors (Lipinski definition) is 3. The van der Waals surface area contributed by atoms with Crippen LogP contribution in [0.25, 0.3) is 0 Å². The molecule has 0 saturated carbocycles. The van der Waals surface area contributed by atoms with Gasteiger partial charge in [0, 0.05) is 17.8 Å². The van der Waals surface area contributed by atoms with E-state index in [2.05, 4.69) is 15.3 Å². The van der Waals surface area contributed by atoms with Gasteiger partial charge in [-0.1, -0.05) is 12.1 Å². The lowest BCUT2D eigenvalue weighted by molar-refractivity contribution is 0.0954. The predicted octanol–water partition coefficient (Wildman–Crippen LogP) is 1.50. The average molecular weight is 447 g/mol. The monoisotopic (exact) mass is 446 g/mol. The molecule has 0 fully saturated rings. The summed E-state index contributed by atoms with van der Waals surface area (Å²) in [6, 6.07) is 12.2. The summed E-state index contributed by atoms with van der Waals surface area (Å²) in [5.74, 6) is 0.00471. The highest BCUT2D eigenvalue weighted by Crippen LogP contribution is 2.27. The van der Waals surface area contributed by atoms with Crippen LogP contribution in [0.5, 0.6) is 0 Å². The second-order valence-electron chi connectivity index (χ2n) is 7.40. The third-order valence-electron chi connectivity index (χ3n) is 4.69. The minimum absolute atomic E-state index is 0.132. The molecule has 0 spiro atoms. The number of hydrogen-bond acceptors (Lipinski definition) is 8. The molecule has 0 radical (unpaired) electrons. The van der Waals surface area contributed by atoms with Gasteiger partial charge in [0.05, 0.1) is 4.90 Å². The van der Waals surface area contributed by atoms with Crippen LogP contribution in [-0.4, -0.2) is 38.5 Å². The molecule has 11 heteroatoms. The second kappa shape index (κ2) is 8.34. The first-order valence-electron chi connectivity index (χ1n) is 9.39. The molecule has 5 N–H and O–H groups in total. The van der Waals surface area contributed by atoms with Crippen LogP contribution in [0.3, 0.4) is 0 Å². The number of carbonyl (C=O) groups excluding carboxylic acids is 1. The van der Waals surface area contributed by atoms with Crippen molar-refractivity contribution in [2.45, 2.75) is 30.8 Å². The van der Waals surface area contributed by atoms with Crippen molar-refractivity contribution in [3.8, 4) is 0 Å². The van der Waals surface area contributed by atoms with Crippen molar-refractivity contribution >= 4 is 33.7 Å². The SMILES string of the molecule is CC1(C)N=C(N)N=C(N)N1c1ccc(CCNC(=O)c2ccc(S(=O)(=O)F)cc2)cc1. The minimum atomic E-state index is -4.79. The molecule has 0 aliphatic carbocycles. The maximum Gasteiger partial charge on any atom is 0.332 e. The third-order valence-corrected chi connectivity index (χ3v) is 5.52. The van der Waals surface area contributed by atoms with Gasteiger partial charge in [-0.2, -0.15) is 13.4 Å². The molecule has 1 heterocycles. The zero-order valence-electron chi connectivity index (χ0n) is 17.0. The van der Waals surface area contributed by atoms with Crippen molar-refractivity contribution in [3.05, 3.63) is 59.7 Å². The third kappa shape index (κ3) is 5.18. The molecule has 3 rings (SSSR count). The average Bonchev–Trinajstić information content (AvgIpc) is 2.67. The predicted molar refractivity (Wildman–Crippen MR) is 117 cm³/mol. The fourth-order valence-electron chi connectivity index (χ4n) is 3.25. The van der Waals surface area contributed by atoms with E-state index in [0.29, 0.717) is 13.0 Å². The maximum absolute atomic E-state index is 12.9. The highest BCUT2D eigenvalue weighted by Gasteiger charge is 2.32. The lowest BCUT2D eigenvalue weighted by atomic mass is 10.1. The van der Waals surface area contributed by atoms with Crippen LogP contribution in [0.15, 0.2) is 63.4 Å². The molecule has 0 bridgehead atoms. The summed E-state index contributed by atoms with van der Waals surface area (Å²) in [7, 11) is -4.79. The van der Waals surface area contributed by atoms with Gasteiger partial charge in [0.1, 0.15) is 5.66 Å². The van der Waals surface area contributed by atoms with Crippen molar-refractivity contribution in [2.75, 3.05) is 11.4 Å².